The minimum absolute atomic E-state index is 0.166. The van der Waals surface area contributed by atoms with Crippen molar-refractivity contribution in [2.24, 2.45) is 11.7 Å². The van der Waals surface area contributed by atoms with Gasteiger partial charge in [0.05, 0.1) is 0 Å². The number of hydrogen-bond acceptors (Lipinski definition) is 1. The van der Waals surface area contributed by atoms with Gasteiger partial charge in [-0.25, -0.2) is 4.39 Å². The first kappa shape index (κ1) is 7.00. The minimum atomic E-state index is -1.06. The van der Waals surface area contributed by atoms with Crippen molar-refractivity contribution in [2.45, 2.75) is 38.4 Å². The van der Waals surface area contributed by atoms with Crippen LogP contribution in [0.15, 0.2) is 0 Å². The highest BCUT2D eigenvalue weighted by atomic mass is 19.1. The van der Waals surface area contributed by atoms with Gasteiger partial charge in [0.2, 0.25) is 0 Å². The molecule has 0 amide bonds. The standard InChI is InChI=1S/C7H14FN/c8-7(9)6-4-2-1-3-5-6/h6-7H,1-5,9H2. The largest absolute Gasteiger partial charge is 0.302 e. The molecule has 0 aromatic rings. The van der Waals surface area contributed by atoms with E-state index in [1.54, 1.807) is 0 Å². The Morgan fingerprint density at radius 2 is 1.78 bits per heavy atom. The lowest BCUT2D eigenvalue weighted by Crippen LogP contribution is -2.26. The zero-order valence-corrected chi connectivity index (χ0v) is 5.65. The van der Waals surface area contributed by atoms with Gasteiger partial charge in [0, 0.05) is 5.92 Å². The van der Waals surface area contributed by atoms with Crippen LogP contribution in [0.2, 0.25) is 0 Å². The normalized spacial score (nSPS) is 26.0. The highest BCUT2D eigenvalue weighted by molar-refractivity contribution is 4.68. The molecule has 0 bridgehead atoms. The Bertz CT molecular complexity index is 77.0. The van der Waals surface area contributed by atoms with Crippen molar-refractivity contribution in [1.29, 1.82) is 0 Å². The van der Waals surface area contributed by atoms with Gasteiger partial charge in [-0.1, -0.05) is 19.3 Å². The smallest absolute Gasteiger partial charge is 0.151 e. The second kappa shape index (κ2) is 3.16. The van der Waals surface area contributed by atoms with Crippen molar-refractivity contribution in [2.75, 3.05) is 0 Å². The lowest BCUT2D eigenvalue weighted by molar-refractivity contribution is 0.187. The van der Waals surface area contributed by atoms with Crippen LogP contribution in [0.4, 0.5) is 4.39 Å². The first-order chi connectivity index (χ1) is 4.30. The number of hydrogen-bond donors (Lipinski definition) is 1. The van der Waals surface area contributed by atoms with Crippen LogP contribution in [0, 0.1) is 5.92 Å². The van der Waals surface area contributed by atoms with Gasteiger partial charge in [0.1, 0.15) is 0 Å². The average molecular weight is 131 g/mol. The van der Waals surface area contributed by atoms with Crippen molar-refractivity contribution in [3.05, 3.63) is 0 Å². The summed E-state index contributed by atoms with van der Waals surface area (Å²) in [4.78, 5) is 0. The molecule has 1 aliphatic rings. The SMILES string of the molecule is NC(F)C1CCCCC1. The molecule has 2 N–H and O–H groups in total. The van der Waals surface area contributed by atoms with Crippen LogP contribution in [0.25, 0.3) is 0 Å². The third-order valence-electron chi connectivity index (χ3n) is 2.10. The van der Waals surface area contributed by atoms with Crippen LogP contribution in [0.3, 0.4) is 0 Å². The topological polar surface area (TPSA) is 26.0 Å². The lowest BCUT2D eigenvalue weighted by Gasteiger charge is -2.21. The van der Waals surface area contributed by atoms with E-state index in [9.17, 15) is 4.39 Å². The molecule has 0 spiro atoms. The summed E-state index contributed by atoms with van der Waals surface area (Å²) in [5.41, 5.74) is 5.10. The molecule has 1 saturated carbocycles. The van der Waals surface area contributed by atoms with Crippen molar-refractivity contribution in [3.8, 4) is 0 Å². The van der Waals surface area contributed by atoms with E-state index in [1.165, 1.54) is 19.3 Å². The van der Waals surface area contributed by atoms with Gasteiger partial charge in [-0.05, 0) is 12.8 Å². The van der Waals surface area contributed by atoms with Gasteiger partial charge >= 0.3 is 0 Å². The van der Waals surface area contributed by atoms with Gasteiger partial charge in [0.15, 0.2) is 6.30 Å². The molecule has 1 nitrogen and oxygen atoms in total. The summed E-state index contributed by atoms with van der Waals surface area (Å²) in [5.74, 6) is 0.166. The van der Waals surface area contributed by atoms with Crippen molar-refractivity contribution >= 4 is 0 Å². The number of nitrogens with two attached hydrogens (primary N) is 1. The zero-order valence-electron chi connectivity index (χ0n) is 5.65. The second-order valence-electron chi connectivity index (χ2n) is 2.84. The Labute approximate surface area is 55.4 Å². The van der Waals surface area contributed by atoms with Gasteiger partial charge < -0.3 is 5.73 Å². The fourth-order valence-corrected chi connectivity index (χ4v) is 1.45. The van der Waals surface area contributed by atoms with Crippen molar-refractivity contribution in [3.63, 3.8) is 0 Å². The highest BCUT2D eigenvalue weighted by Gasteiger charge is 2.19. The molecule has 1 fully saturated rings. The van der Waals surface area contributed by atoms with Crippen molar-refractivity contribution < 1.29 is 4.39 Å². The first-order valence-electron chi connectivity index (χ1n) is 3.70. The summed E-state index contributed by atoms with van der Waals surface area (Å²) in [6.45, 7) is 0. The van der Waals surface area contributed by atoms with E-state index in [2.05, 4.69) is 0 Å². The van der Waals surface area contributed by atoms with E-state index in [1.807, 2.05) is 0 Å². The second-order valence-corrected chi connectivity index (χ2v) is 2.84. The molecular formula is C7H14FN. The summed E-state index contributed by atoms with van der Waals surface area (Å²) in [7, 11) is 0. The fourth-order valence-electron chi connectivity index (χ4n) is 1.45. The molecular weight excluding hydrogens is 117 g/mol. The van der Waals surface area contributed by atoms with Crippen LogP contribution in [0.5, 0.6) is 0 Å². The predicted molar refractivity (Wildman–Crippen MR) is 35.7 cm³/mol. The quantitative estimate of drug-likeness (QED) is 0.540. The van der Waals surface area contributed by atoms with Crippen LogP contribution in [-0.2, 0) is 0 Å². The Kier molecular flexibility index (Phi) is 2.46. The molecule has 1 aliphatic carbocycles. The minimum Gasteiger partial charge on any atom is -0.302 e. The number of halogens is 1. The Hall–Kier alpha value is -0.110. The summed E-state index contributed by atoms with van der Waals surface area (Å²) in [6, 6.07) is 0. The summed E-state index contributed by atoms with van der Waals surface area (Å²) in [5, 5.41) is 0. The first-order valence-corrected chi connectivity index (χ1v) is 3.70. The van der Waals surface area contributed by atoms with Crippen LogP contribution < -0.4 is 5.73 Å². The van der Waals surface area contributed by atoms with E-state index in [0.717, 1.165) is 12.8 Å². The third-order valence-corrected chi connectivity index (χ3v) is 2.10. The van der Waals surface area contributed by atoms with E-state index in [0.29, 0.717) is 0 Å². The molecule has 1 rings (SSSR count). The molecule has 0 heterocycles. The maximum Gasteiger partial charge on any atom is 0.151 e. The maximum absolute atomic E-state index is 12.4. The van der Waals surface area contributed by atoms with E-state index < -0.39 is 6.30 Å². The monoisotopic (exact) mass is 131 g/mol. The van der Waals surface area contributed by atoms with Crippen LogP contribution in [-0.4, -0.2) is 6.30 Å². The third kappa shape index (κ3) is 1.94. The molecule has 0 aromatic carbocycles. The highest BCUT2D eigenvalue weighted by Crippen LogP contribution is 2.25. The molecule has 54 valence electrons. The number of rotatable bonds is 1. The van der Waals surface area contributed by atoms with Crippen LogP contribution in [0.1, 0.15) is 32.1 Å². The van der Waals surface area contributed by atoms with Gasteiger partial charge in [-0.2, -0.15) is 0 Å². The molecule has 1 unspecified atom stereocenters. The lowest BCUT2D eigenvalue weighted by atomic mass is 9.89. The fraction of sp³-hybridized carbons (Fsp3) is 1.00. The van der Waals surface area contributed by atoms with E-state index in [4.69, 9.17) is 5.73 Å². The summed E-state index contributed by atoms with van der Waals surface area (Å²) in [6.07, 6.45) is 4.54. The van der Waals surface area contributed by atoms with Gasteiger partial charge in [0.25, 0.3) is 0 Å². The Morgan fingerprint density at radius 1 is 1.22 bits per heavy atom. The average Bonchev–Trinajstić information content (AvgIpc) is 1.90. The summed E-state index contributed by atoms with van der Waals surface area (Å²) >= 11 is 0. The molecule has 1 atom stereocenters. The van der Waals surface area contributed by atoms with E-state index in [-0.39, 0.29) is 5.92 Å². The Morgan fingerprint density at radius 3 is 2.11 bits per heavy atom. The van der Waals surface area contributed by atoms with Gasteiger partial charge in [-0.3, -0.25) is 0 Å². The summed E-state index contributed by atoms with van der Waals surface area (Å²) < 4.78 is 12.4. The molecule has 0 aromatic heterocycles. The van der Waals surface area contributed by atoms with Crippen LogP contribution >= 0.6 is 0 Å². The predicted octanol–water partition coefficient (Wildman–Crippen LogP) is 1.82. The maximum atomic E-state index is 12.4. The number of alkyl halides is 1. The molecule has 9 heavy (non-hydrogen) atoms. The van der Waals surface area contributed by atoms with Crippen molar-refractivity contribution in [1.82, 2.24) is 0 Å². The van der Waals surface area contributed by atoms with Gasteiger partial charge in [-0.15, -0.1) is 0 Å². The Balaban J connectivity index is 2.23. The molecule has 0 radical (unpaired) electrons. The zero-order chi connectivity index (χ0) is 6.69. The molecule has 0 aliphatic heterocycles. The van der Waals surface area contributed by atoms with E-state index >= 15 is 0 Å². The molecule has 0 saturated heterocycles. The molecule has 2 heteroatoms.